The van der Waals surface area contributed by atoms with E-state index in [1.54, 1.807) is 24.3 Å². The van der Waals surface area contributed by atoms with E-state index in [1.165, 1.54) is 19.3 Å². The summed E-state index contributed by atoms with van der Waals surface area (Å²) in [4.78, 5) is 24.1. The molecule has 0 radical (unpaired) electrons. The summed E-state index contributed by atoms with van der Waals surface area (Å²) in [5.74, 6) is 0.447. The average Bonchev–Trinajstić information content (AvgIpc) is 2.60. The van der Waals surface area contributed by atoms with E-state index in [1.807, 2.05) is 0 Å². The van der Waals surface area contributed by atoms with E-state index in [4.69, 9.17) is 9.47 Å². The molecule has 0 unspecified atom stereocenters. The van der Waals surface area contributed by atoms with Crippen molar-refractivity contribution in [1.82, 2.24) is 5.32 Å². The fraction of sp³-hybridized carbons (Fsp3) is 0.619. The van der Waals surface area contributed by atoms with Gasteiger partial charge in [-0.05, 0) is 43.0 Å². The van der Waals surface area contributed by atoms with Gasteiger partial charge in [0, 0.05) is 6.04 Å². The Labute approximate surface area is 156 Å². The summed E-state index contributed by atoms with van der Waals surface area (Å²) in [5.41, 5.74) is 0.417. The van der Waals surface area contributed by atoms with Gasteiger partial charge in [0.2, 0.25) is 0 Å². The number of esters is 1. The van der Waals surface area contributed by atoms with Crippen LogP contribution >= 0.6 is 0 Å². The second-order valence-corrected chi connectivity index (χ2v) is 7.41. The predicted octanol–water partition coefficient (Wildman–Crippen LogP) is 4.11. The maximum atomic E-state index is 12.1. The third-order valence-electron chi connectivity index (χ3n) is 4.48. The molecule has 0 bridgehead atoms. The number of rotatable bonds is 7. The van der Waals surface area contributed by atoms with Crippen LogP contribution in [0.2, 0.25) is 0 Å². The number of nitrogens with one attached hydrogen (secondary N) is 1. The standard InChI is InChI=1S/C21H31NO4/c1-16(2)14-25-19-12-10-17(11-13-19)21(24)26-15-20(23)22-18-8-6-4-3-5-7-9-18/h10-13,16,18H,3-9,14-15H2,1-2H3,(H,22,23). The lowest BCUT2D eigenvalue weighted by Crippen LogP contribution is -2.38. The van der Waals surface area contributed by atoms with Gasteiger partial charge in [0.1, 0.15) is 5.75 Å². The van der Waals surface area contributed by atoms with Crippen LogP contribution in [0.25, 0.3) is 0 Å². The minimum atomic E-state index is -0.492. The molecule has 2 rings (SSSR count). The van der Waals surface area contributed by atoms with Crippen molar-refractivity contribution in [3.05, 3.63) is 29.8 Å². The monoisotopic (exact) mass is 361 g/mol. The van der Waals surface area contributed by atoms with Gasteiger partial charge in [-0.1, -0.05) is 46.0 Å². The average molecular weight is 361 g/mol. The molecule has 5 heteroatoms. The Morgan fingerprint density at radius 1 is 1.04 bits per heavy atom. The van der Waals surface area contributed by atoms with Crippen molar-refractivity contribution < 1.29 is 19.1 Å². The molecule has 1 aromatic rings. The summed E-state index contributed by atoms with van der Waals surface area (Å²) >= 11 is 0. The Balaban J connectivity index is 1.73. The molecule has 1 fully saturated rings. The Morgan fingerprint density at radius 2 is 1.65 bits per heavy atom. The number of hydrogen-bond donors (Lipinski definition) is 1. The van der Waals surface area contributed by atoms with Crippen LogP contribution in [0.5, 0.6) is 5.75 Å². The van der Waals surface area contributed by atoms with E-state index in [9.17, 15) is 9.59 Å². The highest BCUT2D eigenvalue weighted by Crippen LogP contribution is 2.17. The third kappa shape index (κ3) is 7.46. The summed E-state index contributed by atoms with van der Waals surface area (Å²) in [6, 6.07) is 7.01. The lowest BCUT2D eigenvalue weighted by atomic mass is 9.97. The van der Waals surface area contributed by atoms with Crippen molar-refractivity contribution >= 4 is 11.9 Å². The minimum Gasteiger partial charge on any atom is -0.493 e. The maximum absolute atomic E-state index is 12.1. The molecule has 1 N–H and O–H groups in total. The predicted molar refractivity (Wildman–Crippen MR) is 101 cm³/mol. The molecule has 0 heterocycles. The van der Waals surface area contributed by atoms with Crippen LogP contribution < -0.4 is 10.1 Å². The molecule has 1 aromatic carbocycles. The minimum absolute atomic E-state index is 0.207. The lowest BCUT2D eigenvalue weighted by Gasteiger charge is -2.20. The number of hydrogen-bond acceptors (Lipinski definition) is 4. The molecule has 0 atom stereocenters. The Hall–Kier alpha value is -2.04. The van der Waals surface area contributed by atoms with Crippen LogP contribution in [0.3, 0.4) is 0 Å². The van der Waals surface area contributed by atoms with Crippen molar-refractivity contribution in [3.63, 3.8) is 0 Å². The quantitative estimate of drug-likeness (QED) is 0.743. The summed E-state index contributed by atoms with van der Waals surface area (Å²) < 4.78 is 10.7. The summed E-state index contributed by atoms with van der Waals surface area (Å²) in [6.07, 6.45) is 8.08. The Kier molecular flexibility index (Phi) is 8.45. The van der Waals surface area contributed by atoms with Crippen LogP contribution in [0, 0.1) is 5.92 Å². The topological polar surface area (TPSA) is 64.6 Å². The van der Waals surface area contributed by atoms with Gasteiger partial charge in [0.05, 0.1) is 12.2 Å². The van der Waals surface area contributed by atoms with Crippen LogP contribution in [-0.4, -0.2) is 31.1 Å². The van der Waals surface area contributed by atoms with Crippen molar-refractivity contribution in [3.8, 4) is 5.75 Å². The largest absolute Gasteiger partial charge is 0.493 e. The third-order valence-corrected chi connectivity index (χ3v) is 4.48. The molecule has 1 aliphatic carbocycles. The molecule has 1 aliphatic rings. The fourth-order valence-electron chi connectivity index (χ4n) is 3.03. The molecule has 1 amide bonds. The molecule has 1 saturated carbocycles. The molecule has 0 spiro atoms. The molecule has 0 aliphatic heterocycles. The van der Waals surface area contributed by atoms with Crippen molar-refractivity contribution in [1.29, 1.82) is 0 Å². The smallest absolute Gasteiger partial charge is 0.338 e. The van der Waals surface area contributed by atoms with E-state index < -0.39 is 5.97 Å². The molecule has 5 nitrogen and oxygen atoms in total. The van der Waals surface area contributed by atoms with Crippen LogP contribution in [0.15, 0.2) is 24.3 Å². The first kappa shape index (κ1) is 20.3. The number of amides is 1. The zero-order chi connectivity index (χ0) is 18.8. The first-order chi connectivity index (χ1) is 12.5. The van der Waals surface area contributed by atoms with E-state index in [-0.39, 0.29) is 18.6 Å². The molecule has 26 heavy (non-hydrogen) atoms. The summed E-state index contributed by atoms with van der Waals surface area (Å²) in [7, 11) is 0. The van der Waals surface area contributed by atoms with Gasteiger partial charge in [-0.3, -0.25) is 4.79 Å². The molecular weight excluding hydrogens is 330 g/mol. The van der Waals surface area contributed by atoms with Gasteiger partial charge >= 0.3 is 5.97 Å². The van der Waals surface area contributed by atoms with Crippen LogP contribution in [0.1, 0.15) is 69.2 Å². The number of carbonyl (C=O) groups excluding carboxylic acids is 2. The summed E-state index contributed by atoms with van der Waals surface area (Å²) in [6.45, 7) is 4.55. The zero-order valence-electron chi connectivity index (χ0n) is 16.0. The van der Waals surface area contributed by atoms with Gasteiger partial charge in [-0.25, -0.2) is 4.79 Å². The molecule has 0 saturated heterocycles. The number of benzene rings is 1. The molecule has 144 valence electrons. The van der Waals surface area contributed by atoms with E-state index in [2.05, 4.69) is 19.2 Å². The first-order valence-electron chi connectivity index (χ1n) is 9.74. The SMILES string of the molecule is CC(C)COc1ccc(C(=O)OCC(=O)NC2CCCCCCC2)cc1. The molecular formula is C21H31NO4. The maximum Gasteiger partial charge on any atom is 0.338 e. The second kappa shape index (κ2) is 10.8. The van der Waals surface area contributed by atoms with E-state index in [0.717, 1.165) is 31.4 Å². The number of ether oxygens (including phenoxy) is 2. The van der Waals surface area contributed by atoms with Gasteiger partial charge in [-0.2, -0.15) is 0 Å². The highest BCUT2D eigenvalue weighted by Gasteiger charge is 2.16. The van der Waals surface area contributed by atoms with Crippen molar-refractivity contribution in [2.24, 2.45) is 5.92 Å². The van der Waals surface area contributed by atoms with E-state index in [0.29, 0.717) is 18.1 Å². The fourth-order valence-corrected chi connectivity index (χ4v) is 3.03. The van der Waals surface area contributed by atoms with Crippen LogP contribution in [0.4, 0.5) is 0 Å². The van der Waals surface area contributed by atoms with E-state index >= 15 is 0 Å². The highest BCUT2D eigenvalue weighted by molar-refractivity contribution is 5.91. The van der Waals surface area contributed by atoms with Gasteiger partial charge in [0.25, 0.3) is 5.91 Å². The molecule has 0 aromatic heterocycles. The van der Waals surface area contributed by atoms with Crippen molar-refractivity contribution in [2.75, 3.05) is 13.2 Å². The second-order valence-electron chi connectivity index (χ2n) is 7.41. The van der Waals surface area contributed by atoms with Gasteiger partial charge < -0.3 is 14.8 Å². The zero-order valence-corrected chi connectivity index (χ0v) is 16.0. The van der Waals surface area contributed by atoms with Crippen LogP contribution in [-0.2, 0) is 9.53 Å². The Bertz CT molecular complexity index is 560. The highest BCUT2D eigenvalue weighted by atomic mass is 16.5. The first-order valence-corrected chi connectivity index (χ1v) is 9.74. The normalized spacial score (nSPS) is 15.8. The Morgan fingerprint density at radius 3 is 2.27 bits per heavy atom. The van der Waals surface area contributed by atoms with Gasteiger partial charge in [0.15, 0.2) is 6.61 Å². The number of carbonyl (C=O) groups is 2. The van der Waals surface area contributed by atoms with Gasteiger partial charge in [-0.15, -0.1) is 0 Å². The summed E-state index contributed by atoms with van der Waals surface area (Å²) in [5, 5.41) is 2.99. The lowest BCUT2D eigenvalue weighted by molar-refractivity contribution is -0.125. The van der Waals surface area contributed by atoms with Crippen molar-refractivity contribution in [2.45, 2.75) is 64.8 Å².